The monoisotopic (exact) mass is 310 g/mol. The minimum Gasteiger partial charge on any atom is -0.387 e. The fourth-order valence-corrected chi connectivity index (χ4v) is 1.93. The molecule has 2 N–H and O–H groups in total. The van der Waals surface area contributed by atoms with Crippen molar-refractivity contribution in [1.29, 1.82) is 0 Å². The van der Waals surface area contributed by atoms with Gasteiger partial charge >= 0.3 is 6.18 Å². The second kappa shape index (κ2) is 6.57. The topological polar surface area (TPSA) is 62.2 Å². The molecule has 116 valence electrons. The molecule has 0 spiro atoms. The first-order valence-electron chi connectivity index (χ1n) is 6.43. The molecule has 1 atom stereocenters. The Morgan fingerprint density at radius 3 is 2.50 bits per heavy atom. The number of carbonyl (C=O) groups is 1. The van der Waals surface area contributed by atoms with Gasteiger partial charge in [0.1, 0.15) is 5.69 Å². The van der Waals surface area contributed by atoms with Crippen LogP contribution in [-0.2, 0) is 6.18 Å². The molecule has 0 bridgehead atoms. The lowest BCUT2D eigenvalue weighted by atomic mass is 10.0. The summed E-state index contributed by atoms with van der Waals surface area (Å²) in [6.45, 7) is -0.345. The highest BCUT2D eigenvalue weighted by atomic mass is 19.4. The van der Waals surface area contributed by atoms with Crippen molar-refractivity contribution < 1.29 is 23.1 Å². The fraction of sp³-hybridized carbons (Fsp3) is 0.200. The smallest absolute Gasteiger partial charge is 0.387 e. The van der Waals surface area contributed by atoms with Crippen molar-refractivity contribution in [2.75, 3.05) is 6.54 Å². The van der Waals surface area contributed by atoms with Crippen LogP contribution in [0.2, 0.25) is 0 Å². The van der Waals surface area contributed by atoms with Crippen LogP contribution in [0.5, 0.6) is 0 Å². The highest BCUT2D eigenvalue weighted by Crippen LogP contribution is 2.34. The maximum Gasteiger partial charge on any atom is 0.416 e. The summed E-state index contributed by atoms with van der Waals surface area (Å²) in [6, 6.07) is 9.41. The molecule has 2 rings (SSSR count). The van der Waals surface area contributed by atoms with E-state index in [-0.39, 0.29) is 17.8 Å². The van der Waals surface area contributed by atoms with Gasteiger partial charge in [-0.05, 0) is 23.8 Å². The quantitative estimate of drug-likeness (QED) is 0.912. The van der Waals surface area contributed by atoms with Crippen LogP contribution < -0.4 is 5.32 Å². The summed E-state index contributed by atoms with van der Waals surface area (Å²) < 4.78 is 38.6. The van der Waals surface area contributed by atoms with E-state index in [0.717, 1.165) is 6.07 Å². The summed E-state index contributed by atoms with van der Waals surface area (Å²) in [5, 5.41) is 12.3. The SMILES string of the molecule is O=C(NCC(O)c1ccccc1C(F)(F)F)c1ccccn1. The lowest BCUT2D eigenvalue weighted by Gasteiger charge is -2.17. The number of nitrogens with one attached hydrogen (secondary N) is 1. The molecule has 0 radical (unpaired) electrons. The van der Waals surface area contributed by atoms with Crippen LogP contribution in [0.3, 0.4) is 0 Å². The van der Waals surface area contributed by atoms with Gasteiger partial charge in [0.25, 0.3) is 5.91 Å². The lowest BCUT2D eigenvalue weighted by molar-refractivity contribution is -0.139. The van der Waals surface area contributed by atoms with Gasteiger partial charge < -0.3 is 10.4 Å². The highest BCUT2D eigenvalue weighted by molar-refractivity contribution is 5.92. The van der Waals surface area contributed by atoms with E-state index in [9.17, 15) is 23.1 Å². The largest absolute Gasteiger partial charge is 0.416 e. The van der Waals surface area contributed by atoms with E-state index < -0.39 is 23.8 Å². The van der Waals surface area contributed by atoms with Gasteiger partial charge in [-0.2, -0.15) is 13.2 Å². The summed E-state index contributed by atoms with van der Waals surface area (Å²) in [5.74, 6) is -0.566. The third-order valence-corrected chi connectivity index (χ3v) is 2.98. The van der Waals surface area contributed by atoms with E-state index in [2.05, 4.69) is 10.3 Å². The van der Waals surface area contributed by atoms with E-state index in [1.165, 1.54) is 30.5 Å². The second-order valence-corrected chi connectivity index (χ2v) is 4.53. The number of amides is 1. The van der Waals surface area contributed by atoms with Crippen molar-refractivity contribution in [3.05, 3.63) is 65.5 Å². The Morgan fingerprint density at radius 2 is 1.86 bits per heavy atom. The van der Waals surface area contributed by atoms with E-state index in [4.69, 9.17) is 0 Å². The molecule has 0 aliphatic heterocycles. The number of hydrogen-bond donors (Lipinski definition) is 2. The molecule has 1 aromatic heterocycles. The van der Waals surface area contributed by atoms with Gasteiger partial charge in [0.2, 0.25) is 0 Å². The van der Waals surface area contributed by atoms with Gasteiger partial charge in [0.15, 0.2) is 0 Å². The Hall–Kier alpha value is -2.41. The van der Waals surface area contributed by atoms with Gasteiger partial charge in [-0.15, -0.1) is 0 Å². The first-order chi connectivity index (χ1) is 10.4. The molecular weight excluding hydrogens is 297 g/mol. The van der Waals surface area contributed by atoms with Crippen molar-refractivity contribution in [1.82, 2.24) is 10.3 Å². The van der Waals surface area contributed by atoms with Gasteiger partial charge in [0, 0.05) is 12.7 Å². The lowest BCUT2D eigenvalue weighted by Crippen LogP contribution is -2.29. The van der Waals surface area contributed by atoms with Crippen LogP contribution in [0.15, 0.2) is 48.7 Å². The first kappa shape index (κ1) is 16.0. The summed E-state index contributed by atoms with van der Waals surface area (Å²) in [5.41, 5.74) is -1.08. The molecular formula is C15H13F3N2O2. The summed E-state index contributed by atoms with van der Waals surface area (Å²) >= 11 is 0. The van der Waals surface area contributed by atoms with Crippen LogP contribution in [-0.4, -0.2) is 22.5 Å². The Morgan fingerprint density at radius 1 is 1.18 bits per heavy atom. The minimum absolute atomic E-state index is 0.124. The first-order valence-corrected chi connectivity index (χ1v) is 6.43. The molecule has 1 unspecified atom stereocenters. The Kier molecular flexibility index (Phi) is 4.77. The van der Waals surface area contributed by atoms with Crippen LogP contribution in [0.25, 0.3) is 0 Å². The number of pyridine rings is 1. The zero-order valence-corrected chi connectivity index (χ0v) is 11.3. The molecule has 0 aliphatic rings. The standard InChI is InChI=1S/C15H13F3N2O2/c16-15(17,18)11-6-2-1-5-10(11)13(21)9-20-14(22)12-7-3-4-8-19-12/h1-8,13,21H,9H2,(H,20,22). The highest BCUT2D eigenvalue weighted by Gasteiger charge is 2.34. The van der Waals surface area contributed by atoms with Crippen LogP contribution >= 0.6 is 0 Å². The number of aliphatic hydroxyl groups excluding tert-OH is 1. The molecule has 0 saturated heterocycles. The third kappa shape index (κ3) is 3.82. The molecule has 0 aliphatic carbocycles. The van der Waals surface area contributed by atoms with E-state index >= 15 is 0 Å². The number of benzene rings is 1. The Balaban J connectivity index is 2.07. The number of halogens is 3. The molecule has 22 heavy (non-hydrogen) atoms. The van der Waals surface area contributed by atoms with Crippen molar-refractivity contribution in [3.63, 3.8) is 0 Å². The normalized spacial score (nSPS) is 12.7. The molecule has 1 amide bonds. The molecule has 2 aromatic rings. The summed E-state index contributed by atoms with van der Waals surface area (Å²) in [6.07, 6.45) is -4.61. The number of aromatic nitrogens is 1. The van der Waals surface area contributed by atoms with Gasteiger partial charge in [0.05, 0.1) is 11.7 Å². The van der Waals surface area contributed by atoms with Crippen LogP contribution in [0.1, 0.15) is 27.7 Å². The molecule has 7 heteroatoms. The molecule has 4 nitrogen and oxygen atoms in total. The number of nitrogens with zero attached hydrogens (tertiary/aromatic N) is 1. The fourth-order valence-electron chi connectivity index (χ4n) is 1.93. The molecule has 1 aromatic carbocycles. The summed E-state index contributed by atoms with van der Waals surface area (Å²) in [4.78, 5) is 15.6. The second-order valence-electron chi connectivity index (χ2n) is 4.53. The van der Waals surface area contributed by atoms with Crippen molar-refractivity contribution in [3.8, 4) is 0 Å². The van der Waals surface area contributed by atoms with Gasteiger partial charge in [-0.1, -0.05) is 24.3 Å². The average Bonchev–Trinajstić information content (AvgIpc) is 2.52. The van der Waals surface area contributed by atoms with Gasteiger partial charge in [-0.3, -0.25) is 9.78 Å². The predicted molar refractivity (Wildman–Crippen MR) is 73.0 cm³/mol. The van der Waals surface area contributed by atoms with E-state index in [0.29, 0.717) is 0 Å². The molecule has 0 fully saturated rings. The number of alkyl halides is 3. The maximum absolute atomic E-state index is 12.9. The van der Waals surface area contributed by atoms with Gasteiger partial charge in [-0.25, -0.2) is 0 Å². The maximum atomic E-state index is 12.9. The van der Waals surface area contributed by atoms with E-state index in [1.807, 2.05) is 0 Å². The predicted octanol–water partition coefficient (Wildman–Crippen LogP) is 2.56. The van der Waals surface area contributed by atoms with Crippen LogP contribution in [0.4, 0.5) is 13.2 Å². The minimum atomic E-state index is -4.57. The van der Waals surface area contributed by atoms with Crippen molar-refractivity contribution in [2.24, 2.45) is 0 Å². The van der Waals surface area contributed by atoms with Crippen molar-refractivity contribution >= 4 is 5.91 Å². The third-order valence-electron chi connectivity index (χ3n) is 2.98. The Bertz CT molecular complexity index is 645. The van der Waals surface area contributed by atoms with Crippen LogP contribution in [0, 0.1) is 0 Å². The number of aliphatic hydroxyl groups is 1. The number of carbonyl (C=O) groups excluding carboxylic acids is 1. The molecule has 1 heterocycles. The average molecular weight is 310 g/mol. The van der Waals surface area contributed by atoms with Crippen molar-refractivity contribution in [2.45, 2.75) is 12.3 Å². The number of hydrogen-bond acceptors (Lipinski definition) is 3. The zero-order chi connectivity index (χ0) is 16.2. The number of rotatable bonds is 4. The Labute approximate surface area is 124 Å². The summed E-state index contributed by atoms with van der Waals surface area (Å²) in [7, 11) is 0. The molecule has 0 saturated carbocycles. The zero-order valence-electron chi connectivity index (χ0n) is 11.3. The van der Waals surface area contributed by atoms with E-state index in [1.54, 1.807) is 12.1 Å².